The number of carbonyl (C=O) groups excluding carboxylic acids is 7. The van der Waals surface area contributed by atoms with Gasteiger partial charge in [0, 0.05) is 72.5 Å². The average molecular weight is 1630 g/mol. The minimum atomic E-state index is -1.94. The molecule has 13 aliphatic rings. The smallest absolute Gasteiger partial charge is 0.338 e. The van der Waals surface area contributed by atoms with Crippen LogP contribution in [0.5, 0.6) is 0 Å². The van der Waals surface area contributed by atoms with Gasteiger partial charge in [0.2, 0.25) is 0 Å². The van der Waals surface area contributed by atoms with Crippen LogP contribution in [-0.4, -0.2) is 232 Å². The summed E-state index contributed by atoms with van der Waals surface area (Å²) in [5.41, 5.74) is -12.6. The molecule has 26 atom stereocenters. The molecule has 4 aliphatic heterocycles. The van der Waals surface area contributed by atoms with E-state index in [0.717, 1.165) is 11.1 Å². The fourth-order valence-electron chi connectivity index (χ4n) is 24.4. The predicted molar refractivity (Wildman–Crippen MR) is 415 cm³/mol. The van der Waals surface area contributed by atoms with Crippen molar-refractivity contribution in [1.29, 1.82) is 0 Å². The third kappa shape index (κ3) is 12.8. The third-order valence-corrected chi connectivity index (χ3v) is 30.7. The maximum absolute atomic E-state index is 14.2. The quantitative estimate of drug-likeness (QED) is 0.0562. The first-order valence-corrected chi connectivity index (χ1v) is 41.0. The van der Waals surface area contributed by atoms with Crippen LogP contribution in [0.15, 0.2) is 124 Å². The lowest BCUT2D eigenvalue weighted by atomic mass is 9.45. The van der Waals surface area contributed by atoms with Crippen LogP contribution in [-0.2, 0) is 71.3 Å². The molecule has 0 radical (unpaired) electrons. The summed E-state index contributed by atoms with van der Waals surface area (Å²) in [4.78, 5) is 92.7. The number of benzene rings is 3. The van der Waals surface area contributed by atoms with E-state index in [9.17, 15) is 79.5 Å². The van der Waals surface area contributed by atoms with E-state index in [1.54, 1.807) is 140 Å². The number of aliphatic hydroxyl groups excluding tert-OH is 6. The fourth-order valence-corrected chi connectivity index (χ4v) is 24.4. The molecule has 0 unspecified atom stereocenters. The van der Waals surface area contributed by atoms with E-state index in [-0.39, 0.29) is 62.2 Å². The van der Waals surface area contributed by atoms with Crippen molar-refractivity contribution >= 4 is 41.6 Å². The van der Waals surface area contributed by atoms with Crippen molar-refractivity contribution in [3.63, 3.8) is 0 Å². The van der Waals surface area contributed by atoms with Crippen molar-refractivity contribution < 1.29 is 132 Å². The number of ketones is 1. The van der Waals surface area contributed by atoms with Crippen LogP contribution < -0.4 is 0 Å². The number of rotatable bonds is 9. The number of ether oxygens (including phenoxy) is 11. The highest BCUT2D eigenvalue weighted by molar-refractivity contribution is 5.94. The zero-order valence-electron chi connectivity index (χ0n) is 69.8. The molecule has 0 spiro atoms. The average Bonchev–Trinajstić information content (AvgIpc) is 0.894. The largest absolute Gasteiger partial charge is 0.455 e. The zero-order valence-corrected chi connectivity index (χ0v) is 69.8. The molecule has 638 valence electrons. The van der Waals surface area contributed by atoms with Crippen molar-refractivity contribution in [3.8, 4) is 0 Å². The molecule has 0 amide bonds. The van der Waals surface area contributed by atoms with Crippen LogP contribution in [0.2, 0.25) is 0 Å². The monoisotopic (exact) mass is 1630 g/mol. The van der Waals surface area contributed by atoms with Gasteiger partial charge >= 0.3 is 35.8 Å². The molecule has 0 aromatic heterocycles. The normalized spacial score (nSPS) is 43.0. The molecule has 9 N–H and O–H groups in total. The van der Waals surface area contributed by atoms with Gasteiger partial charge in [-0.15, -0.1) is 0 Å². The molecule has 6 saturated carbocycles. The van der Waals surface area contributed by atoms with Crippen LogP contribution in [0.1, 0.15) is 207 Å². The standard InChI is InChI=1S/C32H42O9.C29H38O9.C29H36O9/c1-17-20(34)15-32(36)26(38-27(35)19-11-9-8-10-12-19)24-30(7,14-13-21-31(24,16-37-21)39-18(2)33)25-23(22(17)28(32,3)4)40-29(5,6)41-25;2*1-15-18(31)13-29(35)24(37-25(34)17-9-7-6-8-10-17)22-27(5,23(33)21(32)20(15)26(29,3)4)12-11-19-28(22,14-36-19)38-16(2)30/h8-12,20-21,23-26,34,36H,13-16H2,1-7H3;6-10,18-19,21-24,31-33,35H,11-14H2,1-5H3;6-10,18-19,21-22,24,31-32,35H,11-14H2,1-5H3/t20-,21+,23+,24-,25+,26-,30+,31-,32+;18-,19+,21+,22-,23+,24-,27+,28-,29+;18-,19+,21+,22-,24-,27+,28-,29+/m000/s1. The van der Waals surface area contributed by atoms with Crippen molar-refractivity contribution in [2.45, 2.75) is 300 Å². The van der Waals surface area contributed by atoms with E-state index in [1.165, 1.54) is 20.8 Å². The van der Waals surface area contributed by atoms with Crippen molar-refractivity contribution in [1.82, 2.24) is 0 Å². The van der Waals surface area contributed by atoms with Crippen LogP contribution >= 0.6 is 0 Å². The van der Waals surface area contributed by atoms with Crippen molar-refractivity contribution in [2.75, 3.05) is 19.8 Å². The second-order valence-corrected chi connectivity index (χ2v) is 38.3. The summed E-state index contributed by atoms with van der Waals surface area (Å²) in [6.45, 7) is 29.0. The summed E-state index contributed by atoms with van der Waals surface area (Å²) in [5, 5.41) is 107. The number of Topliss-reactive ketones (excluding diaryl/α,β-unsaturated/α-hetero) is 1. The minimum absolute atomic E-state index is 0.0134. The summed E-state index contributed by atoms with van der Waals surface area (Å²) in [7, 11) is 0. The van der Waals surface area contributed by atoms with Gasteiger partial charge in [-0.05, 0) is 143 Å². The SMILES string of the molecule is CC(=O)O[C@@]12CO[C@@H]1CC[C@@]1(C)C(=O)[C@H](O)C3=C(C)[C@@H](O)C[C@@](O)([C@@H](OC(=O)c4ccccc4)[C@H]21)C3(C)C.CC(=O)O[C@@]12CO[C@@H]1CC[C@@]1(C)[C@@H]3OC(C)(C)O[C@@H]3C3=C(C)[C@@H](O)C[C@@](O)([C@@H](OC(=O)c4ccccc4)[C@@H]12)C3(C)C.CC(=O)O[C@@]12CO[C@@H]1CC[C@@]1(C)[C@H](O)[C@H](O)C3=C(C)[C@@H](O)C[C@@](O)([C@@H](OC(=O)c4ccccc4)[C@@H]12)C3(C)C. The number of hydrogen-bond donors (Lipinski definition) is 9. The minimum Gasteiger partial charge on any atom is -0.455 e. The highest BCUT2D eigenvalue weighted by Crippen LogP contribution is 2.70. The third-order valence-electron chi connectivity index (χ3n) is 30.7. The van der Waals surface area contributed by atoms with Gasteiger partial charge in [-0.3, -0.25) is 19.2 Å². The van der Waals surface area contributed by atoms with Gasteiger partial charge < -0.3 is 98.1 Å². The fraction of sp³-hybridized carbons (Fsp3) is 0.656. The molecule has 3 aromatic rings. The molecule has 16 rings (SSSR count). The predicted octanol–water partition coefficient (Wildman–Crippen LogP) is 7.71. The summed E-state index contributed by atoms with van der Waals surface area (Å²) in [6, 6.07) is 25.3. The number of esters is 6. The Kier molecular flexibility index (Phi) is 21.6. The first-order valence-electron chi connectivity index (χ1n) is 41.0. The molecule has 27 heteroatoms. The van der Waals surface area contributed by atoms with Crippen LogP contribution in [0.4, 0.5) is 0 Å². The Hall–Kier alpha value is -7.19. The first kappa shape index (κ1) is 86.2. The van der Waals surface area contributed by atoms with E-state index >= 15 is 0 Å². The molecule has 3 aromatic carbocycles. The molecule has 27 nitrogen and oxygen atoms in total. The Morgan fingerprint density at radius 2 is 0.744 bits per heavy atom. The van der Waals surface area contributed by atoms with Crippen molar-refractivity contribution in [3.05, 3.63) is 141 Å². The van der Waals surface area contributed by atoms with Gasteiger partial charge in [-0.1, -0.05) is 117 Å². The van der Waals surface area contributed by atoms with Gasteiger partial charge in [-0.2, -0.15) is 0 Å². The maximum Gasteiger partial charge on any atom is 0.338 e. The van der Waals surface area contributed by atoms with Gasteiger partial charge in [0.15, 0.2) is 28.4 Å². The molecule has 4 heterocycles. The van der Waals surface area contributed by atoms with Gasteiger partial charge in [0.25, 0.3) is 0 Å². The summed E-state index contributed by atoms with van der Waals surface area (Å²) >= 11 is 0. The Morgan fingerprint density at radius 3 is 1.12 bits per heavy atom. The van der Waals surface area contributed by atoms with E-state index < -0.39 is 217 Å². The lowest BCUT2D eigenvalue weighted by molar-refractivity contribution is -0.348. The summed E-state index contributed by atoms with van der Waals surface area (Å²) < 4.78 is 67.9. The molecule has 6 bridgehead atoms. The van der Waals surface area contributed by atoms with Crippen molar-refractivity contribution in [2.24, 2.45) is 50.2 Å². The van der Waals surface area contributed by atoms with Gasteiger partial charge in [-0.25, -0.2) is 14.4 Å². The van der Waals surface area contributed by atoms with Crippen LogP contribution in [0.25, 0.3) is 0 Å². The van der Waals surface area contributed by atoms with Gasteiger partial charge in [0.05, 0.1) is 84.8 Å². The van der Waals surface area contributed by atoms with E-state index in [2.05, 4.69) is 6.92 Å². The number of hydrogen-bond acceptors (Lipinski definition) is 27. The Balaban J connectivity index is 0.000000145. The zero-order chi connectivity index (χ0) is 85.4. The molecule has 9 aliphatic carbocycles. The number of carbonyl (C=O) groups is 7. The summed E-state index contributed by atoms with van der Waals surface area (Å²) in [6.07, 6.45) is -12.2. The molecule has 117 heavy (non-hydrogen) atoms. The highest BCUT2D eigenvalue weighted by Gasteiger charge is 2.81. The van der Waals surface area contributed by atoms with E-state index in [0.29, 0.717) is 54.4 Å². The maximum atomic E-state index is 14.2. The second kappa shape index (κ2) is 29.3. The summed E-state index contributed by atoms with van der Waals surface area (Å²) in [5.74, 6) is -7.92. The Bertz CT molecular complexity index is 4550. The topological polar surface area (TPSA) is 403 Å². The number of fused-ring (bicyclic) bond motifs is 18. The lowest BCUT2D eigenvalue weighted by Gasteiger charge is -2.68. The Morgan fingerprint density at radius 1 is 0.419 bits per heavy atom. The van der Waals surface area contributed by atoms with E-state index in [4.69, 9.17) is 52.1 Å². The number of aliphatic hydroxyl groups is 9. The first-order chi connectivity index (χ1) is 54.5. The van der Waals surface area contributed by atoms with Gasteiger partial charge in [0.1, 0.15) is 71.7 Å². The molecular weight excluding hydrogens is 1510 g/mol. The second-order valence-electron chi connectivity index (χ2n) is 38.3. The van der Waals surface area contributed by atoms with Crippen LogP contribution in [0.3, 0.4) is 0 Å². The molecule has 10 fully saturated rings. The highest BCUT2D eigenvalue weighted by atomic mass is 16.8. The van der Waals surface area contributed by atoms with Crippen LogP contribution in [0, 0.1) is 50.2 Å². The van der Waals surface area contributed by atoms with E-state index in [1.807, 2.05) is 40.7 Å². The molecule has 4 saturated heterocycles. The molecular formula is C90H116O27. The Labute approximate surface area is 681 Å². The lowest BCUT2D eigenvalue weighted by Crippen LogP contribution is -2.80.